The van der Waals surface area contributed by atoms with Crippen molar-refractivity contribution >= 4 is 23.3 Å². The fourth-order valence-corrected chi connectivity index (χ4v) is 4.17. The minimum atomic E-state index is -1.40. The number of halogens is 3. The summed E-state index contributed by atoms with van der Waals surface area (Å²) in [5.74, 6) is -3.48. The van der Waals surface area contributed by atoms with E-state index in [1.54, 1.807) is 19.1 Å². The lowest BCUT2D eigenvalue weighted by Crippen LogP contribution is -2.58. The van der Waals surface area contributed by atoms with E-state index in [1.807, 2.05) is 6.92 Å². The van der Waals surface area contributed by atoms with E-state index in [9.17, 15) is 22.8 Å². The molecule has 0 fully saturated rings. The van der Waals surface area contributed by atoms with Crippen LogP contribution in [0.25, 0.3) is 0 Å². The average Bonchev–Trinajstić information content (AvgIpc) is 3.11. The maximum Gasteiger partial charge on any atom is 0.307 e. The molecule has 2 unspecified atom stereocenters. The summed E-state index contributed by atoms with van der Waals surface area (Å²) in [5, 5.41) is 8.64. The van der Waals surface area contributed by atoms with Crippen molar-refractivity contribution in [2.24, 2.45) is 11.0 Å². The van der Waals surface area contributed by atoms with Crippen LogP contribution in [0.1, 0.15) is 45.1 Å². The number of hydrogen-bond donors (Lipinski definition) is 1. The van der Waals surface area contributed by atoms with Crippen molar-refractivity contribution in [3.8, 4) is 0 Å². The van der Waals surface area contributed by atoms with Gasteiger partial charge in [0.1, 0.15) is 17.2 Å². The molecule has 9 heteroatoms. The van der Waals surface area contributed by atoms with Crippen LogP contribution in [-0.4, -0.2) is 36.8 Å². The number of anilines is 1. The summed E-state index contributed by atoms with van der Waals surface area (Å²) in [6, 6.07) is 8.78. The number of ether oxygens (including phenoxy) is 1. The van der Waals surface area contributed by atoms with Crippen LogP contribution < -0.4 is 10.3 Å². The van der Waals surface area contributed by atoms with E-state index in [0.29, 0.717) is 17.7 Å². The van der Waals surface area contributed by atoms with Crippen molar-refractivity contribution in [1.29, 1.82) is 0 Å². The molecule has 0 aromatic heterocycles. The fourth-order valence-electron chi connectivity index (χ4n) is 4.17. The van der Waals surface area contributed by atoms with Crippen LogP contribution in [0.5, 0.6) is 0 Å². The molecule has 1 aliphatic rings. The molecule has 1 heterocycles. The number of esters is 1. The molecule has 0 radical (unpaired) electrons. The number of hydrogen-bond acceptors (Lipinski definition) is 5. The molecule has 0 aliphatic carbocycles. The van der Waals surface area contributed by atoms with Gasteiger partial charge in [-0.2, -0.15) is 5.10 Å². The molecule has 1 aliphatic heterocycles. The van der Waals surface area contributed by atoms with Crippen LogP contribution in [0.3, 0.4) is 0 Å². The molecule has 182 valence electrons. The predicted molar refractivity (Wildman–Crippen MR) is 123 cm³/mol. The van der Waals surface area contributed by atoms with Gasteiger partial charge in [-0.3, -0.25) is 9.59 Å². The predicted octanol–water partition coefficient (Wildman–Crippen LogP) is 4.57. The standard InChI is InChI=1S/C25H28F3N3O3/c1-4-5-6-19-23(16-7-9-17(26)10-8-16)30-31(21-12-11-18(27)15-20(21)28)25(19,2)24(33)29-14-13-22(32)34-3/h7-12,15,19H,4-6,13-14H2,1-3H3,(H,29,33). The highest BCUT2D eigenvalue weighted by Gasteiger charge is 2.54. The maximum atomic E-state index is 14.9. The van der Waals surface area contributed by atoms with Gasteiger partial charge in [0, 0.05) is 18.5 Å². The molecule has 3 rings (SSSR count). The molecule has 2 aromatic rings. The van der Waals surface area contributed by atoms with Crippen LogP contribution in [-0.2, 0) is 14.3 Å². The van der Waals surface area contributed by atoms with E-state index in [2.05, 4.69) is 15.2 Å². The molecule has 6 nitrogen and oxygen atoms in total. The largest absolute Gasteiger partial charge is 0.469 e. The summed E-state index contributed by atoms with van der Waals surface area (Å²) in [5.41, 5.74) is -0.359. The van der Waals surface area contributed by atoms with Crippen molar-refractivity contribution in [2.75, 3.05) is 18.7 Å². The Bertz CT molecular complexity index is 1070. The number of rotatable bonds is 9. The Morgan fingerprint density at radius 3 is 2.41 bits per heavy atom. The van der Waals surface area contributed by atoms with Gasteiger partial charge >= 0.3 is 5.97 Å². The maximum absolute atomic E-state index is 14.9. The quantitative estimate of drug-likeness (QED) is 0.540. The number of benzene rings is 2. The zero-order chi connectivity index (χ0) is 24.9. The van der Waals surface area contributed by atoms with Crippen LogP contribution >= 0.6 is 0 Å². The highest BCUT2D eigenvalue weighted by atomic mass is 19.1. The first-order valence-electron chi connectivity index (χ1n) is 11.2. The fraction of sp³-hybridized carbons (Fsp3) is 0.400. The summed E-state index contributed by atoms with van der Waals surface area (Å²) >= 11 is 0. The molecule has 0 spiro atoms. The molecule has 2 atom stereocenters. The third kappa shape index (κ3) is 5.08. The average molecular weight is 476 g/mol. The van der Waals surface area contributed by atoms with Gasteiger partial charge < -0.3 is 10.1 Å². The van der Waals surface area contributed by atoms with Crippen LogP contribution in [0.4, 0.5) is 18.9 Å². The Labute approximate surface area is 196 Å². The van der Waals surface area contributed by atoms with E-state index >= 15 is 0 Å². The van der Waals surface area contributed by atoms with Crippen LogP contribution in [0.2, 0.25) is 0 Å². The van der Waals surface area contributed by atoms with Gasteiger partial charge in [-0.15, -0.1) is 0 Å². The minimum absolute atomic E-state index is 0.0210. The van der Waals surface area contributed by atoms with Gasteiger partial charge in [0.05, 0.1) is 24.9 Å². The third-order valence-corrected chi connectivity index (χ3v) is 6.08. The van der Waals surface area contributed by atoms with Crippen molar-refractivity contribution < 1.29 is 27.5 Å². The Morgan fingerprint density at radius 1 is 1.12 bits per heavy atom. The Morgan fingerprint density at radius 2 is 1.79 bits per heavy atom. The highest BCUT2D eigenvalue weighted by molar-refractivity contribution is 6.10. The number of unbranched alkanes of at least 4 members (excludes halogenated alkanes) is 1. The van der Waals surface area contributed by atoms with Gasteiger partial charge in [0.15, 0.2) is 5.82 Å². The smallest absolute Gasteiger partial charge is 0.307 e. The van der Waals surface area contributed by atoms with E-state index in [-0.39, 0.29) is 18.7 Å². The van der Waals surface area contributed by atoms with E-state index in [4.69, 9.17) is 0 Å². The first-order valence-corrected chi connectivity index (χ1v) is 11.2. The first-order chi connectivity index (χ1) is 16.2. The zero-order valence-electron chi connectivity index (χ0n) is 19.4. The molecule has 0 saturated heterocycles. The third-order valence-electron chi connectivity index (χ3n) is 6.08. The normalized spacial score (nSPS) is 19.6. The number of amides is 1. The second-order valence-electron chi connectivity index (χ2n) is 8.32. The second-order valence-corrected chi connectivity index (χ2v) is 8.32. The summed E-state index contributed by atoms with van der Waals surface area (Å²) in [6.45, 7) is 3.67. The van der Waals surface area contributed by atoms with Crippen molar-refractivity contribution in [1.82, 2.24) is 5.32 Å². The van der Waals surface area contributed by atoms with Gasteiger partial charge in [-0.05, 0) is 43.2 Å². The molecule has 1 amide bonds. The van der Waals surface area contributed by atoms with Gasteiger partial charge in [0.25, 0.3) is 0 Å². The summed E-state index contributed by atoms with van der Waals surface area (Å²) in [6.07, 6.45) is 2.12. The number of carbonyl (C=O) groups excluding carboxylic acids is 2. The molecular formula is C25H28F3N3O3. The van der Waals surface area contributed by atoms with Crippen molar-refractivity contribution in [2.45, 2.75) is 45.1 Å². The van der Waals surface area contributed by atoms with Crippen molar-refractivity contribution in [3.63, 3.8) is 0 Å². The lowest BCUT2D eigenvalue weighted by Gasteiger charge is -2.37. The molecule has 0 saturated carbocycles. The monoisotopic (exact) mass is 475 g/mol. The zero-order valence-corrected chi connectivity index (χ0v) is 19.4. The van der Waals surface area contributed by atoms with Crippen molar-refractivity contribution in [3.05, 3.63) is 65.5 Å². The molecule has 2 aromatic carbocycles. The van der Waals surface area contributed by atoms with E-state index in [1.165, 1.54) is 30.3 Å². The van der Waals surface area contributed by atoms with Gasteiger partial charge in [-0.25, -0.2) is 18.2 Å². The van der Waals surface area contributed by atoms with E-state index in [0.717, 1.165) is 25.0 Å². The second kappa shape index (κ2) is 10.7. The summed E-state index contributed by atoms with van der Waals surface area (Å²) < 4.78 is 46.7. The lowest BCUT2D eigenvalue weighted by molar-refractivity contribution is -0.140. The van der Waals surface area contributed by atoms with Gasteiger partial charge in [-0.1, -0.05) is 31.9 Å². The molecule has 0 bridgehead atoms. The molecule has 1 N–H and O–H groups in total. The number of hydrazone groups is 1. The minimum Gasteiger partial charge on any atom is -0.469 e. The Hall–Kier alpha value is -3.36. The highest BCUT2D eigenvalue weighted by Crippen LogP contribution is 2.42. The molecule has 34 heavy (non-hydrogen) atoms. The first kappa shape index (κ1) is 25.3. The Balaban J connectivity index is 2.09. The number of methoxy groups -OCH3 is 1. The number of nitrogens with zero attached hydrogens (tertiary/aromatic N) is 2. The topological polar surface area (TPSA) is 71.0 Å². The number of carbonyl (C=O) groups is 2. The van der Waals surface area contributed by atoms with Gasteiger partial charge in [0.2, 0.25) is 5.91 Å². The lowest BCUT2D eigenvalue weighted by atomic mass is 9.77. The molecular weight excluding hydrogens is 447 g/mol. The SMILES string of the molecule is CCCCC1C(c2ccc(F)cc2)=NN(c2ccc(F)cc2F)C1(C)C(=O)NCCC(=O)OC. The summed E-state index contributed by atoms with van der Waals surface area (Å²) in [7, 11) is 1.26. The number of nitrogens with one attached hydrogen (secondary N) is 1. The summed E-state index contributed by atoms with van der Waals surface area (Å²) in [4.78, 5) is 25.1. The van der Waals surface area contributed by atoms with Crippen LogP contribution in [0, 0.1) is 23.4 Å². The van der Waals surface area contributed by atoms with E-state index < -0.39 is 40.8 Å². The van der Waals surface area contributed by atoms with Crippen LogP contribution in [0.15, 0.2) is 47.6 Å². The Kier molecular flexibility index (Phi) is 7.96.